The molecule has 3 rings (SSSR count). The number of fused-ring (bicyclic) bond motifs is 1. The molecule has 0 spiro atoms. The maximum atomic E-state index is 11.8. The van der Waals surface area contributed by atoms with E-state index >= 15 is 0 Å². The molecule has 0 radical (unpaired) electrons. The number of carbonyl (C=O) groups is 1. The minimum absolute atomic E-state index is 0.162. The van der Waals surface area contributed by atoms with Crippen LogP contribution in [0.2, 0.25) is 0 Å². The van der Waals surface area contributed by atoms with E-state index in [0.717, 1.165) is 30.2 Å². The van der Waals surface area contributed by atoms with Crippen LogP contribution in [0.3, 0.4) is 0 Å². The van der Waals surface area contributed by atoms with Crippen molar-refractivity contribution < 1.29 is 15.0 Å². The van der Waals surface area contributed by atoms with Gasteiger partial charge in [-0.05, 0) is 30.9 Å². The van der Waals surface area contributed by atoms with Crippen LogP contribution in [0.25, 0.3) is 5.57 Å². The first-order chi connectivity index (χ1) is 10.1. The van der Waals surface area contributed by atoms with Gasteiger partial charge >= 0.3 is 0 Å². The fraction of sp³-hybridized carbons (Fsp3) is 0.375. The second-order valence-corrected chi connectivity index (χ2v) is 5.48. The van der Waals surface area contributed by atoms with E-state index in [1.807, 2.05) is 4.90 Å². The lowest BCUT2D eigenvalue weighted by Gasteiger charge is -2.26. The third-order valence-electron chi connectivity index (χ3n) is 4.07. The summed E-state index contributed by atoms with van der Waals surface area (Å²) in [5.74, 6) is -0.140. The van der Waals surface area contributed by atoms with Crippen molar-refractivity contribution >= 4 is 11.5 Å². The average molecular weight is 286 g/mol. The molecule has 2 aliphatic rings. The number of rotatable bonds is 3. The molecule has 5 heteroatoms. The number of nitrogens with zero attached hydrogens (tertiary/aromatic N) is 2. The van der Waals surface area contributed by atoms with Crippen LogP contribution in [-0.2, 0) is 4.79 Å². The monoisotopic (exact) mass is 286 g/mol. The minimum atomic E-state index is -0.183. The van der Waals surface area contributed by atoms with Gasteiger partial charge in [0.2, 0.25) is 5.91 Å². The minimum Gasteiger partial charge on any atom is -0.504 e. The van der Waals surface area contributed by atoms with Gasteiger partial charge in [-0.15, -0.1) is 0 Å². The van der Waals surface area contributed by atoms with Gasteiger partial charge in [0.05, 0.1) is 11.1 Å². The number of hydrogen-bond acceptors (Lipinski definition) is 4. The summed E-state index contributed by atoms with van der Waals surface area (Å²) in [6, 6.07) is 2.95. The standard InChI is InChI=1S/C16H18N2O3/c1-10-11(5-7-18-6-3-2-4-16(18)21)12-8-14(19)15(20)9-13(12)17-10/h8-9,19-20H,1-7H2. The van der Waals surface area contributed by atoms with Crippen LogP contribution in [0.15, 0.2) is 29.4 Å². The fourth-order valence-electron chi connectivity index (χ4n) is 2.89. The van der Waals surface area contributed by atoms with Crippen molar-refractivity contribution in [1.82, 2.24) is 4.90 Å². The number of carbonyl (C=O) groups excluding carboxylic acids is 1. The van der Waals surface area contributed by atoms with E-state index in [0.29, 0.717) is 30.4 Å². The van der Waals surface area contributed by atoms with E-state index in [1.54, 1.807) is 0 Å². The molecule has 0 saturated carbocycles. The Hall–Kier alpha value is -2.30. The lowest BCUT2D eigenvalue weighted by molar-refractivity contribution is -0.133. The summed E-state index contributed by atoms with van der Waals surface area (Å²) in [6.45, 7) is 5.37. The van der Waals surface area contributed by atoms with Crippen LogP contribution in [-0.4, -0.2) is 34.1 Å². The highest BCUT2D eigenvalue weighted by Crippen LogP contribution is 2.23. The molecule has 0 unspecified atom stereocenters. The predicted octanol–water partition coefficient (Wildman–Crippen LogP) is 0.798. The molecule has 5 nitrogen and oxygen atoms in total. The van der Waals surface area contributed by atoms with Crippen molar-refractivity contribution in [2.75, 3.05) is 13.1 Å². The molecule has 2 aliphatic heterocycles. The Labute approximate surface area is 122 Å². The zero-order valence-corrected chi connectivity index (χ0v) is 11.8. The highest BCUT2D eigenvalue weighted by Gasteiger charge is 2.20. The lowest BCUT2D eigenvalue weighted by Crippen LogP contribution is -2.36. The summed E-state index contributed by atoms with van der Waals surface area (Å²) >= 11 is 0. The summed E-state index contributed by atoms with van der Waals surface area (Å²) in [5, 5.41) is 20.6. The van der Waals surface area contributed by atoms with Gasteiger partial charge in [-0.25, -0.2) is 4.99 Å². The molecular weight excluding hydrogens is 268 g/mol. The van der Waals surface area contributed by atoms with Crippen molar-refractivity contribution in [2.45, 2.75) is 25.7 Å². The quantitative estimate of drug-likeness (QED) is 0.807. The topological polar surface area (TPSA) is 73.1 Å². The van der Waals surface area contributed by atoms with Crippen LogP contribution in [0.5, 0.6) is 11.5 Å². The largest absolute Gasteiger partial charge is 0.504 e. The smallest absolute Gasteiger partial charge is 0.222 e. The van der Waals surface area contributed by atoms with Crippen LogP contribution in [0.4, 0.5) is 0 Å². The Morgan fingerprint density at radius 2 is 2.00 bits per heavy atom. The maximum Gasteiger partial charge on any atom is 0.222 e. The Kier molecular flexibility index (Phi) is 3.41. The summed E-state index contributed by atoms with van der Waals surface area (Å²) in [5.41, 5.74) is 1.57. The number of amides is 1. The number of benzene rings is 1. The molecule has 2 heterocycles. The van der Waals surface area contributed by atoms with Crippen molar-refractivity contribution in [1.29, 1.82) is 0 Å². The summed E-state index contributed by atoms with van der Waals surface area (Å²) in [6.07, 6.45) is 3.32. The molecule has 0 atom stereocenters. The number of allylic oxidation sites excluding steroid dienone is 1. The molecule has 0 bridgehead atoms. The van der Waals surface area contributed by atoms with Crippen LogP contribution < -0.4 is 10.6 Å². The number of piperidine rings is 1. The Bertz CT molecular complexity index is 737. The number of phenolic OH excluding ortho intramolecular Hbond substituents is 2. The first-order valence-electron chi connectivity index (χ1n) is 7.17. The first-order valence-corrected chi connectivity index (χ1v) is 7.17. The number of phenols is 2. The Morgan fingerprint density at radius 1 is 1.24 bits per heavy atom. The van der Waals surface area contributed by atoms with Gasteiger partial charge in [0, 0.05) is 30.8 Å². The summed E-state index contributed by atoms with van der Waals surface area (Å²) in [4.78, 5) is 18.0. The zero-order valence-electron chi connectivity index (χ0n) is 11.8. The van der Waals surface area contributed by atoms with Gasteiger partial charge in [-0.2, -0.15) is 0 Å². The molecule has 1 saturated heterocycles. The van der Waals surface area contributed by atoms with Gasteiger partial charge in [0.1, 0.15) is 0 Å². The summed E-state index contributed by atoms with van der Waals surface area (Å²) < 4.78 is 0. The molecule has 2 N–H and O–H groups in total. The molecule has 21 heavy (non-hydrogen) atoms. The van der Waals surface area contributed by atoms with Gasteiger partial charge in [0.25, 0.3) is 0 Å². The number of hydrogen-bond donors (Lipinski definition) is 2. The van der Waals surface area contributed by atoms with E-state index < -0.39 is 0 Å². The normalized spacial score (nSPS) is 17.9. The van der Waals surface area contributed by atoms with E-state index in [-0.39, 0.29) is 17.4 Å². The van der Waals surface area contributed by atoms with E-state index in [1.165, 1.54) is 12.1 Å². The van der Waals surface area contributed by atoms with Gasteiger partial charge in [-0.3, -0.25) is 4.79 Å². The molecular formula is C16H18N2O3. The molecule has 1 aromatic rings. The third kappa shape index (κ3) is 2.51. The molecule has 1 fully saturated rings. The molecule has 110 valence electrons. The van der Waals surface area contributed by atoms with Gasteiger partial charge in [-0.1, -0.05) is 6.58 Å². The highest BCUT2D eigenvalue weighted by atomic mass is 16.3. The second-order valence-electron chi connectivity index (χ2n) is 5.48. The third-order valence-corrected chi connectivity index (χ3v) is 4.07. The molecule has 0 aromatic heterocycles. The van der Waals surface area contributed by atoms with Crippen molar-refractivity contribution in [2.24, 2.45) is 4.99 Å². The maximum absolute atomic E-state index is 11.8. The number of likely N-dealkylation sites (tertiary alicyclic amines) is 1. The van der Waals surface area contributed by atoms with Crippen molar-refractivity contribution in [3.05, 3.63) is 35.0 Å². The fourth-order valence-corrected chi connectivity index (χ4v) is 2.89. The van der Waals surface area contributed by atoms with Crippen LogP contribution in [0.1, 0.15) is 25.7 Å². The molecule has 1 aromatic carbocycles. The van der Waals surface area contributed by atoms with E-state index in [2.05, 4.69) is 11.6 Å². The average Bonchev–Trinajstić information content (AvgIpc) is 2.74. The SMILES string of the molecule is C=C1N=c2cc(O)c(O)cc2=C1CCN1CCCCC1=O. The van der Waals surface area contributed by atoms with E-state index in [4.69, 9.17) is 0 Å². The highest BCUT2D eigenvalue weighted by molar-refractivity contribution is 5.77. The Balaban J connectivity index is 1.87. The first kappa shape index (κ1) is 13.7. The lowest BCUT2D eigenvalue weighted by atomic mass is 10.1. The molecule has 1 amide bonds. The van der Waals surface area contributed by atoms with Gasteiger partial charge < -0.3 is 15.1 Å². The summed E-state index contributed by atoms with van der Waals surface area (Å²) in [7, 11) is 0. The predicted molar refractivity (Wildman–Crippen MR) is 78.1 cm³/mol. The van der Waals surface area contributed by atoms with Crippen LogP contribution in [0, 0.1) is 0 Å². The van der Waals surface area contributed by atoms with Crippen molar-refractivity contribution in [3.8, 4) is 11.5 Å². The molecule has 0 aliphatic carbocycles. The van der Waals surface area contributed by atoms with Crippen molar-refractivity contribution in [3.63, 3.8) is 0 Å². The van der Waals surface area contributed by atoms with Crippen LogP contribution >= 0.6 is 0 Å². The number of aromatic hydroxyl groups is 2. The zero-order chi connectivity index (χ0) is 15.0. The van der Waals surface area contributed by atoms with Gasteiger partial charge in [0.15, 0.2) is 11.5 Å². The Morgan fingerprint density at radius 3 is 2.76 bits per heavy atom. The van der Waals surface area contributed by atoms with E-state index in [9.17, 15) is 15.0 Å². The second kappa shape index (κ2) is 5.24.